The highest BCUT2D eigenvalue weighted by atomic mass is 32.2. The fourth-order valence-electron chi connectivity index (χ4n) is 4.28. The van der Waals surface area contributed by atoms with Crippen LogP contribution in [0.1, 0.15) is 16.7 Å². The van der Waals surface area contributed by atoms with Crippen molar-refractivity contribution in [2.75, 3.05) is 36.4 Å². The molecule has 1 N–H and O–H groups in total. The number of anilines is 2. The fourth-order valence-corrected chi connectivity index (χ4v) is 5.70. The van der Waals surface area contributed by atoms with Gasteiger partial charge >= 0.3 is 0 Å². The van der Waals surface area contributed by atoms with Crippen LogP contribution in [0.25, 0.3) is 11.6 Å². The molecule has 0 radical (unpaired) electrons. The van der Waals surface area contributed by atoms with Crippen LogP contribution in [0.5, 0.6) is 0 Å². The summed E-state index contributed by atoms with van der Waals surface area (Å²) in [5, 5.41) is 2.89. The first-order valence-corrected chi connectivity index (χ1v) is 12.4. The Morgan fingerprint density at radius 2 is 1.52 bits per heavy atom. The summed E-state index contributed by atoms with van der Waals surface area (Å²) in [4.78, 5) is 14.9. The number of sulfonamides is 1. The van der Waals surface area contributed by atoms with E-state index in [-0.39, 0.29) is 5.91 Å². The summed E-state index contributed by atoms with van der Waals surface area (Å²) in [6.07, 6.45) is 1.90. The maximum Gasteiger partial charge on any atom is 0.256 e. The van der Waals surface area contributed by atoms with Crippen molar-refractivity contribution in [1.82, 2.24) is 4.31 Å². The summed E-state index contributed by atoms with van der Waals surface area (Å²) in [6, 6.07) is 22.7. The Labute approximate surface area is 194 Å². The molecule has 0 aromatic heterocycles. The quantitative estimate of drug-likeness (QED) is 0.599. The highest BCUT2D eigenvalue weighted by molar-refractivity contribution is 7.89. The molecule has 33 heavy (non-hydrogen) atoms. The van der Waals surface area contributed by atoms with Gasteiger partial charge in [-0.15, -0.1) is 0 Å². The van der Waals surface area contributed by atoms with Gasteiger partial charge in [0.05, 0.1) is 4.90 Å². The van der Waals surface area contributed by atoms with Crippen LogP contribution in [-0.4, -0.2) is 44.8 Å². The lowest BCUT2D eigenvalue weighted by atomic mass is 10.0. The number of hydrogen-bond acceptors (Lipinski definition) is 4. The minimum Gasteiger partial charge on any atom is -0.369 e. The van der Waals surface area contributed by atoms with Crippen molar-refractivity contribution in [2.24, 2.45) is 0 Å². The van der Waals surface area contributed by atoms with Crippen molar-refractivity contribution in [3.8, 4) is 0 Å². The van der Waals surface area contributed by atoms with Crippen molar-refractivity contribution >= 4 is 39.0 Å². The number of para-hydroxylation sites is 1. The van der Waals surface area contributed by atoms with Gasteiger partial charge in [-0.1, -0.05) is 48.0 Å². The Balaban J connectivity index is 1.27. The topological polar surface area (TPSA) is 69.7 Å². The van der Waals surface area contributed by atoms with Crippen LogP contribution in [0.4, 0.5) is 11.4 Å². The molecule has 1 amide bonds. The Bertz CT molecular complexity index is 1320. The molecule has 3 aromatic carbocycles. The molecule has 3 aromatic rings. The number of aryl methyl sites for hydroxylation is 1. The molecule has 0 spiro atoms. The zero-order chi connectivity index (χ0) is 23.0. The van der Waals surface area contributed by atoms with E-state index in [0.29, 0.717) is 36.6 Å². The lowest BCUT2D eigenvalue weighted by Crippen LogP contribution is -2.48. The smallest absolute Gasteiger partial charge is 0.256 e. The zero-order valence-electron chi connectivity index (χ0n) is 18.4. The van der Waals surface area contributed by atoms with Crippen LogP contribution in [0, 0.1) is 6.92 Å². The van der Waals surface area contributed by atoms with Crippen LogP contribution in [-0.2, 0) is 14.8 Å². The lowest BCUT2D eigenvalue weighted by molar-refractivity contribution is -0.110. The van der Waals surface area contributed by atoms with Crippen LogP contribution in [0.3, 0.4) is 0 Å². The maximum absolute atomic E-state index is 12.9. The third-order valence-corrected chi connectivity index (χ3v) is 8.09. The number of carbonyl (C=O) groups is 1. The molecule has 0 unspecified atom stereocenters. The number of nitrogens with one attached hydrogen (secondary N) is 1. The number of rotatable bonds is 4. The zero-order valence-corrected chi connectivity index (χ0v) is 19.2. The summed E-state index contributed by atoms with van der Waals surface area (Å²) in [7, 11) is -3.47. The summed E-state index contributed by atoms with van der Waals surface area (Å²) >= 11 is 0. The van der Waals surface area contributed by atoms with Gasteiger partial charge in [0, 0.05) is 48.7 Å². The fraction of sp³-hybridized carbons (Fsp3) is 0.192. The number of benzene rings is 3. The second-order valence-corrected chi connectivity index (χ2v) is 10.3. The molecule has 2 aliphatic heterocycles. The average Bonchev–Trinajstić information content (AvgIpc) is 3.15. The van der Waals surface area contributed by atoms with Gasteiger partial charge in [0.15, 0.2) is 0 Å². The number of amides is 1. The molecule has 0 saturated carbocycles. The first-order chi connectivity index (χ1) is 15.9. The monoisotopic (exact) mass is 459 g/mol. The molecule has 0 atom stereocenters. The van der Waals surface area contributed by atoms with Gasteiger partial charge in [0.25, 0.3) is 5.91 Å². The van der Waals surface area contributed by atoms with E-state index in [1.807, 2.05) is 73.7 Å². The molecule has 1 saturated heterocycles. The van der Waals surface area contributed by atoms with E-state index in [1.165, 1.54) is 0 Å². The minimum absolute atomic E-state index is 0.0915. The molecule has 1 fully saturated rings. The maximum atomic E-state index is 12.9. The summed E-state index contributed by atoms with van der Waals surface area (Å²) in [5.41, 5.74) is 5.44. The van der Waals surface area contributed by atoms with Crippen LogP contribution < -0.4 is 10.2 Å². The Morgan fingerprint density at radius 3 is 2.21 bits per heavy atom. The number of piperazine rings is 1. The van der Waals surface area contributed by atoms with E-state index in [4.69, 9.17) is 0 Å². The van der Waals surface area contributed by atoms with Gasteiger partial charge in [0.1, 0.15) is 0 Å². The number of nitrogens with zero attached hydrogens (tertiary/aromatic N) is 2. The normalized spacial score (nSPS) is 17.8. The van der Waals surface area contributed by atoms with E-state index in [1.54, 1.807) is 16.4 Å². The van der Waals surface area contributed by atoms with Crippen LogP contribution in [0.2, 0.25) is 0 Å². The van der Waals surface area contributed by atoms with Crippen molar-refractivity contribution in [1.29, 1.82) is 0 Å². The number of fused-ring (bicyclic) bond motifs is 1. The van der Waals surface area contributed by atoms with Gasteiger partial charge < -0.3 is 10.2 Å². The summed E-state index contributed by atoms with van der Waals surface area (Å²) < 4.78 is 27.4. The summed E-state index contributed by atoms with van der Waals surface area (Å²) in [6.45, 7) is 4.08. The van der Waals surface area contributed by atoms with Crippen molar-refractivity contribution < 1.29 is 13.2 Å². The van der Waals surface area contributed by atoms with Gasteiger partial charge in [-0.3, -0.25) is 4.79 Å². The van der Waals surface area contributed by atoms with E-state index >= 15 is 0 Å². The molecular formula is C26H25N3O3S. The molecule has 0 bridgehead atoms. The number of hydrogen-bond donors (Lipinski definition) is 1. The second kappa shape index (κ2) is 8.50. The van der Waals surface area contributed by atoms with Crippen LogP contribution in [0.15, 0.2) is 77.7 Å². The van der Waals surface area contributed by atoms with Crippen molar-refractivity contribution in [2.45, 2.75) is 11.8 Å². The first-order valence-electron chi connectivity index (χ1n) is 11.0. The molecule has 168 valence electrons. The highest BCUT2D eigenvalue weighted by Gasteiger charge is 2.28. The highest BCUT2D eigenvalue weighted by Crippen LogP contribution is 2.33. The Morgan fingerprint density at radius 1 is 0.848 bits per heavy atom. The molecule has 2 heterocycles. The SMILES string of the molecule is Cc1ccc(S(=O)(=O)N2CCN(c3ccc(/C=C4/C(=O)Nc5ccccc54)cc3)CC2)cc1. The average molecular weight is 460 g/mol. The van der Waals surface area contributed by atoms with E-state index in [9.17, 15) is 13.2 Å². The van der Waals surface area contributed by atoms with Crippen molar-refractivity contribution in [3.05, 3.63) is 89.5 Å². The number of carbonyl (C=O) groups excluding carboxylic acids is 1. The lowest BCUT2D eigenvalue weighted by Gasteiger charge is -2.35. The van der Waals surface area contributed by atoms with Gasteiger partial charge in [0.2, 0.25) is 10.0 Å². The van der Waals surface area contributed by atoms with E-state index < -0.39 is 10.0 Å². The molecular weight excluding hydrogens is 434 g/mol. The third-order valence-electron chi connectivity index (χ3n) is 6.18. The first kappa shape index (κ1) is 21.4. The predicted molar refractivity (Wildman–Crippen MR) is 132 cm³/mol. The molecule has 0 aliphatic carbocycles. The van der Waals surface area contributed by atoms with Crippen LogP contribution >= 0.6 is 0 Å². The minimum atomic E-state index is -3.47. The third kappa shape index (κ3) is 4.17. The van der Waals surface area contributed by atoms with Gasteiger partial charge in [-0.25, -0.2) is 8.42 Å². The van der Waals surface area contributed by atoms with E-state index in [0.717, 1.165) is 28.1 Å². The molecule has 2 aliphatic rings. The van der Waals surface area contributed by atoms with Gasteiger partial charge in [-0.2, -0.15) is 4.31 Å². The van der Waals surface area contributed by atoms with E-state index in [2.05, 4.69) is 10.2 Å². The van der Waals surface area contributed by atoms with Gasteiger partial charge in [-0.05, 0) is 48.9 Å². The van der Waals surface area contributed by atoms with Crippen molar-refractivity contribution in [3.63, 3.8) is 0 Å². The Kier molecular flexibility index (Phi) is 5.52. The molecule has 6 nitrogen and oxygen atoms in total. The summed E-state index contributed by atoms with van der Waals surface area (Å²) in [5.74, 6) is -0.0915. The second-order valence-electron chi connectivity index (χ2n) is 8.35. The standard InChI is InChI=1S/C26H25N3O3S/c1-19-6-12-22(13-7-19)33(31,32)29-16-14-28(15-17-29)21-10-8-20(9-11-21)18-24-23-4-2-3-5-25(23)27-26(24)30/h2-13,18H,14-17H2,1H3,(H,27,30)/b24-18+. The largest absolute Gasteiger partial charge is 0.369 e. The molecule has 5 rings (SSSR count). The molecule has 7 heteroatoms. The Hall–Kier alpha value is -3.42. The predicted octanol–water partition coefficient (Wildman–Crippen LogP) is 4.00.